The fourth-order valence-corrected chi connectivity index (χ4v) is 0.799. The quantitative estimate of drug-likeness (QED) is 0.543. The smallest absolute Gasteiger partial charge is 0.340 e. The van der Waals surface area contributed by atoms with Crippen LogP contribution in [0.4, 0.5) is 0 Å². The van der Waals surface area contributed by atoms with E-state index >= 15 is 0 Å². The van der Waals surface area contributed by atoms with E-state index in [1.807, 2.05) is 13.8 Å². The van der Waals surface area contributed by atoms with Crippen LogP contribution in [0.2, 0.25) is 0 Å². The van der Waals surface area contributed by atoms with E-state index in [1.165, 1.54) is 12.5 Å². The van der Waals surface area contributed by atoms with Crippen LogP contribution in [0.25, 0.3) is 0 Å². The Bertz CT molecular complexity index is 293. The first-order valence-electron chi connectivity index (χ1n) is 5.49. The van der Waals surface area contributed by atoms with E-state index in [9.17, 15) is 14.7 Å². The Morgan fingerprint density at radius 2 is 1.65 bits per heavy atom. The van der Waals surface area contributed by atoms with Gasteiger partial charge in [0.2, 0.25) is 0 Å². The van der Waals surface area contributed by atoms with Gasteiger partial charge in [-0.2, -0.15) is 0 Å². The highest BCUT2D eigenvalue weighted by Crippen LogP contribution is 1.99. The maximum atomic E-state index is 11.1. The van der Waals surface area contributed by atoms with Gasteiger partial charge in [-0.05, 0) is 25.0 Å². The van der Waals surface area contributed by atoms with Gasteiger partial charge in [-0.3, -0.25) is 4.79 Å². The van der Waals surface area contributed by atoms with Crippen molar-refractivity contribution in [3.63, 3.8) is 0 Å². The van der Waals surface area contributed by atoms with E-state index in [2.05, 4.69) is 9.47 Å². The molecule has 17 heavy (non-hydrogen) atoms. The molecule has 0 aromatic heterocycles. The van der Waals surface area contributed by atoms with Crippen LogP contribution in [0, 0.1) is 0 Å². The molecule has 0 spiro atoms. The Hall–Kier alpha value is -1.62. The summed E-state index contributed by atoms with van der Waals surface area (Å²) in [6, 6.07) is 0. The largest absolute Gasteiger partial charge is 0.435 e. The van der Waals surface area contributed by atoms with Gasteiger partial charge in [-0.15, -0.1) is 0 Å². The van der Waals surface area contributed by atoms with Gasteiger partial charge in [0.25, 0.3) is 0 Å². The summed E-state index contributed by atoms with van der Waals surface area (Å²) >= 11 is 0. The van der Waals surface area contributed by atoms with Crippen molar-refractivity contribution in [2.75, 3.05) is 0 Å². The molecule has 0 rings (SSSR count). The predicted molar refractivity (Wildman–Crippen MR) is 61.7 cm³/mol. The standard InChI is InChI=1S/C12H18O5/c1-3-5-7-16-11(14)9-10(13)12(15)17-8-6-4-2/h5-8,10,13H,3-4,9H2,1-2H3. The third kappa shape index (κ3) is 8.21. The minimum Gasteiger partial charge on any atom is -0.435 e. The minimum absolute atomic E-state index is 0.424. The topological polar surface area (TPSA) is 72.8 Å². The summed E-state index contributed by atoms with van der Waals surface area (Å²) < 4.78 is 9.20. The Kier molecular flexibility index (Phi) is 8.68. The molecule has 0 aliphatic heterocycles. The third-order valence-electron chi connectivity index (χ3n) is 1.68. The number of ether oxygens (including phenoxy) is 2. The summed E-state index contributed by atoms with van der Waals surface area (Å²) in [5.41, 5.74) is 0. The van der Waals surface area contributed by atoms with E-state index in [4.69, 9.17) is 0 Å². The molecule has 0 saturated heterocycles. The number of carbonyl (C=O) groups excluding carboxylic acids is 2. The normalized spacial score (nSPS) is 12.9. The van der Waals surface area contributed by atoms with Gasteiger partial charge >= 0.3 is 11.9 Å². The molecule has 1 atom stereocenters. The molecule has 0 aliphatic carbocycles. The maximum Gasteiger partial charge on any atom is 0.340 e. The van der Waals surface area contributed by atoms with Crippen LogP contribution >= 0.6 is 0 Å². The lowest BCUT2D eigenvalue weighted by Crippen LogP contribution is -2.25. The number of carbonyl (C=O) groups is 2. The molecule has 0 fully saturated rings. The number of allylic oxidation sites excluding steroid dienone is 2. The van der Waals surface area contributed by atoms with Gasteiger partial charge in [-0.1, -0.05) is 13.8 Å². The Morgan fingerprint density at radius 3 is 2.18 bits per heavy atom. The molecule has 0 aromatic rings. The third-order valence-corrected chi connectivity index (χ3v) is 1.68. The van der Waals surface area contributed by atoms with Gasteiger partial charge in [0.1, 0.15) is 0 Å². The van der Waals surface area contributed by atoms with Crippen molar-refractivity contribution in [2.24, 2.45) is 0 Å². The molecule has 0 bridgehead atoms. The maximum absolute atomic E-state index is 11.1. The van der Waals surface area contributed by atoms with Crippen LogP contribution in [0.5, 0.6) is 0 Å². The van der Waals surface area contributed by atoms with Crippen LogP contribution < -0.4 is 0 Å². The second kappa shape index (κ2) is 9.59. The minimum atomic E-state index is -1.50. The average molecular weight is 242 g/mol. The summed E-state index contributed by atoms with van der Waals surface area (Å²) in [5.74, 6) is -1.55. The van der Waals surface area contributed by atoms with E-state index in [1.54, 1.807) is 12.2 Å². The molecule has 1 unspecified atom stereocenters. The SMILES string of the molecule is CCC=COC(=O)CC(O)C(=O)OC=CCC. The lowest BCUT2D eigenvalue weighted by Gasteiger charge is -2.06. The van der Waals surface area contributed by atoms with Gasteiger partial charge < -0.3 is 14.6 Å². The zero-order valence-corrected chi connectivity index (χ0v) is 10.1. The molecular weight excluding hydrogens is 224 g/mol. The summed E-state index contributed by atoms with van der Waals surface area (Å²) in [6.45, 7) is 3.76. The number of hydrogen-bond acceptors (Lipinski definition) is 5. The van der Waals surface area contributed by atoms with E-state index in [0.29, 0.717) is 6.42 Å². The first-order valence-corrected chi connectivity index (χ1v) is 5.49. The van der Waals surface area contributed by atoms with Crippen LogP contribution in [-0.4, -0.2) is 23.1 Å². The highest BCUT2D eigenvalue weighted by molar-refractivity contribution is 5.82. The highest BCUT2D eigenvalue weighted by Gasteiger charge is 2.20. The van der Waals surface area contributed by atoms with Crippen molar-refractivity contribution in [3.05, 3.63) is 24.7 Å². The Labute approximate surface area is 101 Å². The number of aliphatic hydroxyl groups excluding tert-OH is 1. The number of aliphatic hydroxyl groups is 1. The second-order valence-electron chi connectivity index (χ2n) is 3.21. The summed E-state index contributed by atoms with van der Waals surface area (Å²) in [6.07, 6.45) is 5.21. The van der Waals surface area contributed by atoms with Crippen molar-refractivity contribution in [3.8, 4) is 0 Å². The molecular formula is C12H18O5. The first kappa shape index (κ1) is 15.4. The molecule has 0 heterocycles. The van der Waals surface area contributed by atoms with Crippen molar-refractivity contribution in [1.82, 2.24) is 0 Å². The molecule has 5 nitrogen and oxygen atoms in total. The second-order valence-corrected chi connectivity index (χ2v) is 3.21. The number of hydrogen-bond donors (Lipinski definition) is 1. The molecule has 0 amide bonds. The molecule has 0 radical (unpaired) electrons. The number of esters is 2. The van der Waals surface area contributed by atoms with Crippen LogP contribution in [-0.2, 0) is 19.1 Å². The van der Waals surface area contributed by atoms with Gasteiger partial charge in [-0.25, -0.2) is 4.79 Å². The molecule has 1 N–H and O–H groups in total. The summed E-state index contributed by atoms with van der Waals surface area (Å²) in [5, 5.41) is 9.31. The molecule has 0 aliphatic rings. The van der Waals surface area contributed by atoms with Crippen LogP contribution in [0.3, 0.4) is 0 Å². The molecule has 5 heteroatoms. The van der Waals surface area contributed by atoms with Crippen LogP contribution in [0.15, 0.2) is 24.7 Å². The van der Waals surface area contributed by atoms with Crippen molar-refractivity contribution in [1.29, 1.82) is 0 Å². The Morgan fingerprint density at radius 1 is 1.12 bits per heavy atom. The van der Waals surface area contributed by atoms with E-state index in [-0.39, 0.29) is 0 Å². The number of rotatable bonds is 7. The Balaban J connectivity index is 3.94. The first-order chi connectivity index (χ1) is 8.11. The van der Waals surface area contributed by atoms with E-state index in [0.717, 1.165) is 6.42 Å². The molecule has 0 aromatic carbocycles. The average Bonchev–Trinajstić information content (AvgIpc) is 2.29. The zero-order valence-electron chi connectivity index (χ0n) is 10.1. The van der Waals surface area contributed by atoms with Crippen molar-refractivity contribution >= 4 is 11.9 Å². The molecule has 96 valence electrons. The van der Waals surface area contributed by atoms with Crippen molar-refractivity contribution < 1.29 is 24.2 Å². The summed E-state index contributed by atoms with van der Waals surface area (Å²) in [4.78, 5) is 22.2. The fourth-order valence-electron chi connectivity index (χ4n) is 0.799. The fraction of sp³-hybridized carbons (Fsp3) is 0.500. The van der Waals surface area contributed by atoms with Gasteiger partial charge in [0, 0.05) is 0 Å². The van der Waals surface area contributed by atoms with Crippen molar-refractivity contribution in [2.45, 2.75) is 39.2 Å². The predicted octanol–water partition coefficient (Wildman–Crippen LogP) is 1.67. The monoisotopic (exact) mass is 242 g/mol. The lowest BCUT2D eigenvalue weighted by atomic mass is 10.2. The van der Waals surface area contributed by atoms with E-state index < -0.39 is 24.5 Å². The molecule has 0 saturated carbocycles. The zero-order chi connectivity index (χ0) is 13.1. The summed E-state index contributed by atoms with van der Waals surface area (Å²) in [7, 11) is 0. The van der Waals surface area contributed by atoms with Crippen LogP contribution in [0.1, 0.15) is 33.1 Å². The highest BCUT2D eigenvalue weighted by atomic mass is 16.5. The lowest BCUT2D eigenvalue weighted by molar-refractivity contribution is -0.153. The van der Waals surface area contributed by atoms with Gasteiger partial charge in [0.05, 0.1) is 18.9 Å². The van der Waals surface area contributed by atoms with Gasteiger partial charge in [0.15, 0.2) is 6.10 Å².